The summed E-state index contributed by atoms with van der Waals surface area (Å²) in [5.41, 5.74) is 0. The number of aliphatic hydroxyl groups excluding tert-OH is 11. The first-order chi connectivity index (χ1) is 28.3. The minimum absolute atomic E-state index is 0.221. The Morgan fingerprint density at radius 2 is 1.08 bits per heavy atom. The van der Waals surface area contributed by atoms with Crippen molar-refractivity contribution in [1.82, 2.24) is 5.32 Å². The van der Waals surface area contributed by atoms with Crippen molar-refractivity contribution in [1.29, 1.82) is 0 Å². The molecule has 17 unspecified atom stereocenters. The van der Waals surface area contributed by atoms with Gasteiger partial charge in [-0.3, -0.25) is 4.79 Å². The van der Waals surface area contributed by atoms with Crippen molar-refractivity contribution in [2.45, 2.75) is 195 Å². The summed E-state index contributed by atoms with van der Waals surface area (Å²) in [6, 6.07) is -0.977. The maximum Gasteiger partial charge on any atom is 0.220 e. The van der Waals surface area contributed by atoms with Gasteiger partial charge in [-0.25, -0.2) is 0 Å². The average Bonchev–Trinajstić information content (AvgIpc) is 3.23. The molecule has 0 saturated carbocycles. The molecule has 17 atom stereocenters. The maximum atomic E-state index is 12.8. The van der Waals surface area contributed by atoms with Gasteiger partial charge in [-0.15, -0.1) is 0 Å². The van der Waals surface area contributed by atoms with Crippen molar-refractivity contribution in [3.8, 4) is 0 Å². The van der Waals surface area contributed by atoms with E-state index in [1.54, 1.807) is 12.2 Å². The van der Waals surface area contributed by atoms with Gasteiger partial charge in [0.1, 0.15) is 73.2 Å². The normalized spacial score (nSPS) is 36.6. The van der Waals surface area contributed by atoms with E-state index < -0.39 is 124 Å². The minimum atomic E-state index is -1.97. The molecular weight excluding hydrogens is 782 g/mol. The highest BCUT2D eigenvalue weighted by molar-refractivity contribution is 5.76. The van der Waals surface area contributed by atoms with Crippen LogP contribution in [0.3, 0.4) is 0 Å². The third-order valence-electron chi connectivity index (χ3n) is 10.8. The van der Waals surface area contributed by atoms with E-state index in [2.05, 4.69) is 24.4 Å². The minimum Gasteiger partial charge on any atom is -0.394 e. The SMILES string of the molecule is CCCCCCC/C=C/CC/C=C/C(O)C(COC1OC(CO)C(OC2OC(CO)C(OC3OC(CO)C(O)C(O)C3O)C(O)C2O)C(O)C1O)NC(=O)CCCCC. The summed E-state index contributed by atoms with van der Waals surface area (Å²) in [4.78, 5) is 12.8. The molecule has 3 heterocycles. The molecule has 3 fully saturated rings. The second-order valence-electron chi connectivity index (χ2n) is 15.4. The summed E-state index contributed by atoms with van der Waals surface area (Å²) in [6.07, 6.45) is -8.10. The van der Waals surface area contributed by atoms with Gasteiger partial charge >= 0.3 is 0 Å². The number of unbranched alkanes of at least 4 members (excludes halogenated alkanes) is 8. The fourth-order valence-electron chi connectivity index (χ4n) is 7.08. The standard InChI is InChI=1S/C40H71NO18/c1-3-5-7-8-9-10-11-12-13-14-16-17-24(45)23(41-28(46)18-15-6-4-2)22-54-38-34(52)31(49)36(26(20-43)56-38)59-40-35(53)32(50)37(27(21-44)57-40)58-39-33(51)30(48)29(47)25(19-42)55-39/h11-12,16-17,23-27,29-40,42-45,47-53H,3-10,13-15,18-22H2,1-2H3,(H,41,46)/b12-11+,17-16+. The van der Waals surface area contributed by atoms with Gasteiger partial charge in [0, 0.05) is 6.42 Å². The molecule has 3 aliphatic heterocycles. The van der Waals surface area contributed by atoms with E-state index in [0.29, 0.717) is 12.8 Å². The number of carbonyl (C=O) groups excluding carboxylic acids is 1. The predicted molar refractivity (Wildman–Crippen MR) is 208 cm³/mol. The molecule has 19 heteroatoms. The highest BCUT2D eigenvalue weighted by atomic mass is 16.8. The number of allylic oxidation sites excluding steroid dienone is 3. The van der Waals surface area contributed by atoms with Gasteiger partial charge in [-0.2, -0.15) is 0 Å². The number of carbonyl (C=O) groups is 1. The van der Waals surface area contributed by atoms with Crippen LogP contribution in [0.5, 0.6) is 0 Å². The molecule has 12 N–H and O–H groups in total. The number of ether oxygens (including phenoxy) is 6. The second-order valence-corrected chi connectivity index (χ2v) is 15.4. The molecule has 0 bridgehead atoms. The third kappa shape index (κ3) is 15.5. The Labute approximate surface area is 346 Å². The lowest BCUT2D eigenvalue weighted by atomic mass is 9.96. The predicted octanol–water partition coefficient (Wildman–Crippen LogP) is -1.87. The molecule has 0 spiro atoms. The van der Waals surface area contributed by atoms with Gasteiger partial charge in [0.25, 0.3) is 0 Å². The zero-order valence-electron chi connectivity index (χ0n) is 34.2. The lowest BCUT2D eigenvalue weighted by Crippen LogP contribution is -2.66. The molecule has 0 aliphatic carbocycles. The van der Waals surface area contributed by atoms with E-state index in [0.717, 1.165) is 32.1 Å². The van der Waals surface area contributed by atoms with Gasteiger partial charge in [-0.05, 0) is 32.1 Å². The molecule has 0 radical (unpaired) electrons. The van der Waals surface area contributed by atoms with Gasteiger partial charge in [-0.1, -0.05) is 76.7 Å². The Hall–Kier alpha value is -1.73. The Kier molecular flexibility index (Phi) is 23.9. The summed E-state index contributed by atoms with van der Waals surface area (Å²) < 4.78 is 33.7. The van der Waals surface area contributed by atoms with E-state index in [-0.39, 0.29) is 18.9 Å². The first-order valence-electron chi connectivity index (χ1n) is 21.1. The number of hydrogen-bond donors (Lipinski definition) is 12. The van der Waals surface area contributed by atoms with Gasteiger partial charge in [0.2, 0.25) is 5.91 Å². The van der Waals surface area contributed by atoms with Crippen LogP contribution in [0.2, 0.25) is 0 Å². The van der Waals surface area contributed by atoms with Crippen molar-refractivity contribution >= 4 is 5.91 Å². The molecular formula is C40H71NO18. The molecule has 59 heavy (non-hydrogen) atoms. The first-order valence-corrected chi connectivity index (χ1v) is 21.1. The van der Waals surface area contributed by atoms with Crippen LogP contribution in [0.15, 0.2) is 24.3 Å². The Balaban J connectivity index is 1.61. The van der Waals surface area contributed by atoms with Crippen molar-refractivity contribution in [2.24, 2.45) is 0 Å². The average molecular weight is 854 g/mol. The van der Waals surface area contributed by atoms with Crippen LogP contribution >= 0.6 is 0 Å². The summed E-state index contributed by atoms with van der Waals surface area (Å²) in [6.45, 7) is 1.40. The Morgan fingerprint density at radius 1 is 0.593 bits per heavy atom. The zero-order valence-corrected chi connectivity index (χ0v) is 34.2. The summed E-state index contributed by atoms with van der Waals surface area (Å²) in [5, 5.41) is 118. The van der Waals surface area contributed by atoms with E-state index in [9.17, 15) is 61.0 Å². The van der Waals surface area contributed by atoms with E-state index in [1.165, 1.54) is 25.7 Å². The molecule has 3 rings (SSSR count). The van der Waals surface area contributed by atoms with Crippen LogP contribution in [0.1, 0.15) is 90.9 Å². The van der Waals surface area contributed by atoms with E-state index in [4.69, 9.17) is 28.4 Å². The van der Waals surface area contributed by atoms with E-state index in [1.807, 2.05) is 6.92 Å². The molecule has 344 valence electrons. The van der Waals surface area contributed by atoms with Crippen LogP contribution in [0, 0.1) is 0 Å². The quantitative estimate of drug-likeness (QED) is 0.0335. The highest BCUT2D eigenvalue weighted by Gasteiger charge is 2.53. The van der Waals surface area contributed by atoms with Crippen LogP contribution in [-0.4, -0.2) is 193 Å². The Morgan fingerprint density at radius 3 is 1.68 bits per heavy atom. The van der Waals surface area contributed by atoms with Crippen molar-refractivity contribution in [2.75, 3.05) is 26.4 Å². The number of rotatable bonds is 26. The lowest BCUT2D eigenvalue weighted by Gasteiger charge is -2.48. The summed E-state index contributed by atoms with van der Waals surface area (Å²) >= 11 is 0. The van der Waals surface area contributed by atoms with E-state index >= 15 is 0 Å². The summed E-state index contributed by atoms with van der Waals surface area (Å²) in [5.74, 6) is -0.316. The zero-order chi connectivity index (χ0) is 43.5. The maximum absolute atomic E-state index is 12.8. The third-order valence-corrected chi connectivity index (χ3v) is 10.8. The molecule has 0 aromatic carbocycles. The van der Waals surface area contributed by atoms with Crippen molar-refractivity contribution in [3.05, 3.63) is 24.3 Å². The number of hydrogen-bond acceptors (Lipinski definition) is 18. The number of amides is 1. The first kappa shape index (κ1) is 51.6. The molecule has 19 nitrogen and oxygen atoms in total. The van der Waals surface area contributed by atoms with Gasteiger partial charge in [0.05, 0.1) is 38.6 Å². The fourth-order valence-corrected chi connectivity index (χ4v) is 7.08. The van der Waals surface area contributed by atoms with Gasteiger partial charge in [0.15, 0.2) is 18.9 Å². The highest BCUT2D eigenvalue weighted by Crippen LogP contribution is 2.32. The number of aliphatic hydroxyl groups is 11. The molecule has 1 amide bonds. The molecule has 3 saturated heterocycles. The van der Waals surface area contributed by atoms with Crippen LogP contribution in [0.25, 0.3) is 0 Å². The largest absolute Gasteiger partial charge is 0.394 e. The molecule has 0 aromatic heterocycles. The monoisotopic (exact) mass is 853 g/mol. The topological polar surface area (TPSA) is 307 Å². The second kappa shape index (κ2) is 27.4. The Bertz CT molecular complexity index is 1210. The fraction of sp³-hybridized carbons (Fsp3) is 0.875. The van der Waals surface area contributed by atoms with Gasteiger partial charge < -0.3 is 89.9 Å². The summed E-state index contributed by atoms with van der Waals surface area (Å²) in [7, 11) is 0. The van der Waals surface area contributed by atoms with Crippen molar-refractivity contribution in [3.63, 3.8) is 0 Å². The lowest BCUT2D eigenvalue weighted by molar-refractivity contribution is -0.379. The van der Waals surface area contributed by atoms with Crippen LogP contribution in [0.4, 0.5) is 0 Å². The smallest absolute Gasteiger partial charge is 0.220 e. The number of nitrogens with one attached hydrogen (secondary N) is 1. The molecule has 3 aliphatic rings. The van der Waals surface area contributed by atoms with Crippen molar-refractivity contribution < 1.29 is 89.4 Å². The molecule has 0 aromatic rings. The van der Waals surface area contributed by atoms with Crippen LogP contribution in [-0.2, 0) is 33.2 Å². The van der Waals surface area contributed by atoms with Crippen LogP contribution < -0.4 is 5.32 Å².